The van der Waals surface area contributed by atoms with Crippen LogP contribution in [-0.4, -0.2) is 0 Å². The Morgan fingerprint density at radius 3 is 2.60 bits per heavy atom. The van der Waals surface area contributed by atoms with Crippen molar-refractivity contribution in [3.05, 3.63) is 47.2 Å². The van der Waals surface area contributed by atoms with E-state index in [4.69, 9.17) is 9.68 Å². The van der Waals surface area contributed by atoms with Crippen molar-refractivity contribution in [1.82, 2.24) is 0 Å². The molecule has 0 aliphatic rings. The first kappa shape index (κ1) is 9.54. The Morgan fingerprint density at radius 2 is 2.00 bits per heavy atom. The average Bonchev–Trinajstić information content (AvgIpc) is 2.71. The molecule has 74 valence electrons. The molecule has 2 heteroatoms. The van der Waals surface area contributed by atoms with Crippen LogP contribution in [0, 0.1) is 25.2 Å². The minimum absolute atomic E-state index is 0.701. The maximum Gasteiger partial charge on any atom is 0.134 e. The van der Waals surface area contributed by atoms with Gasteiger partial charge in [-0.15, -0.1) is 0 Å². The van der Waals surface area contributed by atoms with Crippen LogP contribution in [-0.2, 0) is 0 Å². The molecule has 1 heterocycles. The summed E-state index contributed by atoms with van der Waals surface area (Å²) >= 11 is 0. The van der Waals surface area contributed by atoms with E-state index in [1.807, 2.05) is 38.1 Å². The van der Waals surface area contributed by atoms with E-state index in [0.717, 1.165) is 22.5 Å². The number of hydrogen-bond acceptors (Lipinski definition) is 2. The van der Waals surface area contributed by atoms with Crippen molar-refractivity contribution in [2.75, 3.05) is 0 Å². The quantitative estimate of drug-likeness (QED) is 0.702. The minimum atomic E-state index is 0.701. The number of nitriles is 1. The van der Waals surface area contributed by atoms with Gasteiger partial charge in [0.25, 0.3) is 0 Å². The third-order valence-electron chi connectivity index (χ3n) is 2.48. The summed E-state index contributed by atoms with van der Waals surface area (Å²) in [6.07, 6.45) is 1.64. The van der Waals surface area contributed by atoms with Gasteiger partial charge in [-0.1, -0.05) is 6.07 Å². The predicted molar refractivity (Wildman–Crippen MR) is 58.3 cm³/mol. The molecule has 2 rings (SSSR count). The summed E-state index contributed by atoms with van der Waals surface area (Å²) in [5.41, 5.74) is 3.82. The van der Waals surface area contributed by atoms with Crippen LogP contribution in [0.4, 0.5) is 0 Å². The van der Waals surface area contributed by atoms with Crippen molar-refractivity contribution >= 4 is 0 Å². The molecule has 0 bridgehead atoms. The topological polar surface area (TPSA) is 36.9 Å². The highest BCUT2D eigenvalue weighted by atomic mass is 16.3. The molecular weight excluding hydrogens is 186 g/mol. The molecule has 2 nitrogen and oxygen atoms in total. The van der Waals surface area contributed by atoms with Gasteiger partial charge in [0.05, 0.1) is 17.9 Å². The van der Waals surface area contributed by atoms with Gasteiger partial charge >= 0.3 is 0 Å². The normalized spacial score (nSPS) is 9.93. The Morgan fingerprint density at radius 1 is 1.20 bits per heavy atom. The lowest BCUT2D eigenvalue weighted by Gasteiger charge is -2.05. The average molecular weight is 197 g/mol. The van der Waals surface area contributed by atoms with Crippen LogP contribution in [0.1, 0.15) is 16.7 Å². The lowest BCUT2D eigenvalue weighted by atomic mass is 9.99. The fourth-order valence-electron chi connectivity index (χ4n) is 1.67. The molecule has 1 aromatic heterocycles. The third-order valence-corrected chi connectivity index (χ3v) is 2.48. The van der Waals surface area contributed by atoms with Crippen LogP contribution < -0.4 is 0 Å². The second kappa shape index (κ2) is 3.62. The van der Waals surface area contributed by atoms with Gasteiger partial charge in [0.1, 0.15) is 5.76 Å². The van der Waals surface area contributed by atoms with Gasteiger partial charge in [0, 0.05) is 5.56 Å². The highest BCUT2D eigenvalue weighted by Crippen LogP contribution is 2.26. The van der Waals surface area contributed by atoms with E-state index in [2.05, 4.69) is 6.07 Å². The number of benzene rings is 1. The van der Waals surface area contributed by atoms with Gasteiger partial charge in [-0.2, -0.15) is 5.26 Å². The summed E-state index contributed by atoms with van der Waals surface area (Å²) in [5.74, 6) is 0.809. The van der Waals surface area contributed by atoms with Crippen LogP contribution in [0.15, 0.2) is 34.9 Å². The first-order valence-electron chi connectivity index (χ1n) is 4.77. The third kappa shape index (κ3) is 1.64. The first-order chi connectivity index (χ1) is 7.22. The van der Waals surface area contributed by atoms with E-state index in [0.29, 0.717) is 5.56 Å². The summed E-state index contributed by atoms with van der Waals surface area (Å²) in [6, 6.07) is 9.82. The molecule has 0 spiro atoms. The SMILES string of the molecule is Cc1cc(C)c(-c2ccco2)cc1C#N. The number of aryl methyl sites for hydroxylation is 2. The number of nitrogens with zero attached hydrogens (tertiary/aromatic N) is 1. The van der Waals surface area contributed by atoms with Crippen molar-refractivity contribution in [2.24, 2.45) is 0 Å². The minimum Gasteiger partial charge on any atom is -0.464 e. The van der Waals surface area contributed by atoms with Gasteiger partial charge in [-0.25, -0.2) is 0 Å². The standard InChI is InChI=1S/C13H11NO/c1-9-6-10(2)12(7-11(9)8-14)13-4-3-5-15-13/h3-7H,1-2H3. The van der Waals surface area contributed by atoms with Crippen molar-refractivity contribution in [1.29, 1.82) is 5.26 Å². The van der Waals surface area contributed by atoms with Crippen molar-refractivity contribution in [3.63, 3.8) is 0 Å². The van der Waals surface area contributed by atoms with Crippen molar-refractivity contribution < 1.29 is 4.42 Å². The lowest BCUT2D eigenvalue weighted by Crippen LogP contribution is -1.88. The summed E-state index contributed by atoms with van der Waals surface area (Å²) in [7, 11) is 0. The maximum absolute atomic E-state index is 8.95. The molecule has 0 atom stereocenters. The number of furan rings is 1. The van der Waals surface area contributed by atoms with Gasteiger partial charge in [-0.05, 0) is 43.2 Å². The van der Waals surface area contributed by atoms with Gasteiger partial charge < -0.3 is 4.42 Å². The fourth-order valence-corrected chi connectivity index (χ4v) is 1.67. The summed E-state index contributed by atoms with van der Waals surface area (Å²) in [4.78, 5) is 0. The van der Waals surface area contributed by atoms with E-state index in [1.54, 1.807) is 6.26 Å². The lowest BCUT2D eigenvalue weighted by molar-refractivity contribution is 0.582. The van der Waals surface area contributed by atoms with Crippen LogP contribution in [0.5, 0.6) is 0 Å². The predicted octanol–water partition coefficient (Wildman–Crippen LogP) is 3.44. The molecule has 2 aromatic rings. The Balaban J connectivity index is 2.64. The molecule has 0 N–H and O–H groups in total. The molecule has 0 fully saturated rings. The van der Waals surface area contributed by atoms with Gasteiger partial charge in [0.15, 0.2) is 0 Å². The van der Waals surface area contributed by atoms with E-state index in [1.165, 1.54) is 0 Å². The highest BCUT2D eigenvalue weighted by molar-refractivity contribution is 5.65. The van der Waals surface area contributed by atoms with E-state index in [-0.39, 0.29) is 0 Å². The van der Waals surface area contributed by atoms with Crippen molar-refractivity contribution in [3.8, 4) is 17.4 Å². The molecule has 15 heavy (non-hydrogen) atoms. The van der Waals surface area contributed by atoms with E-state index >= 15 is 0 Å². The zero-order valence-corrected chi connectivity index (χ0v) is 8.74. The molecule has 0 amide bonds. The Hall–Kier alpha value is -2.01. The zero-order chi connectivity index (χ0) is 10.8. The van der Waals surface area contributed by atoms with Crippen molar-refractivity contribution in [2.45, 2.75) is 13.8 Å². The molecule has 1 aromatic carbocycles. The van der Waals surface area contributed by atoms with Crippen LogP contribution in [0.3, 0.4) is 0 Å². The van der Waals surface area contributed by atoms with E-state index < -0.39 is 0 Å². The smallest absolute Gasteiger partial charge is 0.134 e. The molecule has 0 radical (unpaired) electrons. The molecule has 0 unspecified atom stereocenters. The summed E-state index contributed by atoms with van der Waals surface area (Å²) in [6.45, 7) is 3.96. The Kier molecular flexibility index (Phi) is 2.31. The first-order valence-corrected chi connectivity index (χ1v) is 4.77. The zero-order valence-electron chi connectivity index (χ0n) is 8.74. The van der Waals surface area contributed by atoms with Gasteiger partial charge in [-0.3, -0.25) is 0 Å². The van der Waals surface area contributed by atoms with Crippen LogP contribution in [0.25, 0.3) is 11.3 Å². The monoisotopic (exact) mass is 197 g/mol. The molecule has 0 aliphatic heterocycles. The van der Waals surface area contributed by atoms with Gasteiger partial charge in [0.2, 0.25) is 0 Å². The molecular formula is C13H11NO. The molecule has 0 saturated carbocycles. The number of rotatable bonds is 1. The summed E-state index contributed by atoms with van der Waals surface area (Å²) < 4.78 is 5.33. The van der Waals surface area contributed by atoms with E-state index in [9.17, 15) is 0 Å². The van der Waals surface area contributed by atoms with Crippen LogP contribution >= 0.6 is 0 Å². The Labute approximate surface area is 88.8 Å². The fraction of sp³-hybridized carbons (Fsp3) is 0.154. The second-order valence-electron chi connectivity index (χ2n) is 3.57. The second-order valence-corrected chi connectivity index (χ2v) is 3.57. The van der Waals surface area contributed by atoms with Crippen LogP contribution in [0.2, 0.25) is 0 Å². The maximum atomic E-state index is 8.95. The Bertz CT molecular complexity index is 518. The largest absolute Gasteiger partial charge is 0.464 e. The number of hydrogen-bond donors (Lipinski definition) is 0. The highest BCUT2D eigenvalue weighted by Gasteiger charge is 2.07. The molecule has 0 saturated heterocycles. The summed E-state index contributed by atoms with van der Waals surface area (Å²) in [5, 5.41) is 8.95. The molecule has 0 aliphatic carbocycles.